The first-order valence-electron chi connectivity index (χ1n) is 5.72. The van der Waals surface area contributed by atoms with Crippen LogP contribution in [0, 0.1) is 3.57 Å². The molecule has 2 rings (SSSR count). The summed E-state index contributed by atoms with van der Waals surface area (Å²) in [5.41, 5.74) is 5.36. The molecule has 2 aromatic carbocycles. The fraction of sp³-hybridized carbons (Fsp3) is 0. The largest absolute Gasteiger partial charge is 0.508 e. The van der Waals surface area contributed by atoms with Gasteiger partial charge in [0.2, 0.25) is 0 Å². The molecule has 0 aliphatic rings. The number of halogens is 1. The molecular weight excluding hydrogens is 371 g/mol. The Labute approximate surface area is 129 Å². The third-order valence-corrected chi connectivity index (χ3v) is 3.46. The summed E-state index contributed by atoms with van der Waals surface area (Å²) in [5, 5.41) is 9.29. The summed E-state index contributed by atoms with van der Waals surface area (Å²) in [4.78, 5) is 23.7. The van der Waals surface area contributed by atoms with E-state index < -0.39 is 11.8 Å². The van der Waals surface area contributed by atoms with Gasteiger partial charge >= 0.3 is 0 Å². The van der Waals surface area contributed by atoms with Crippen molar-refractivity contribution in [1.29, 1.82) is 0 Å². The number of hydrazine groups is 1. The molecule has 20 heavy (non-hydrogen) atoms. The van der Waals surface area contributed by atoms with Crippen LogP contribution in [0.2, 0.25) is 0 Å². The maximum absolute atomic E-state index is 11.9. The lowest BCUT2D eigenvalue weighted by Crippen LogP contribution is -2.41. The first-order chi connectivity index (χ1) is 9.58. The first kappa shape index (κ1) is 14.3. The Balaban J connectivity index is 2.01. The molecule has 5 nitrogen and oxygen atoms in total. The molecule has 0 aliphatic carbocycles. The van der Waals surface area contributed by atoms with E-state index in [4.69, 9.17) is 0 Å². The van der Waals surface area contributed by atoms with Crippen molar-refractivity contribution in [2.45, 2.75) is 0 Å². The molecule has 0 saturated carbocycles. The van der Waals surface area contributed by atoms with Gasteiger partial charge in [-0.1, -0.05) is 18.2 Å². The number of amides is 2. The van der Waals surface area contributed by atoms with Crippen molar-refractivity contribution in [2.24, 2.45) is 0 Å². The van der Waals surface area contributed by atoms with Gasteiger partial charge in [-0.15, -0.1) is 0 Å². The standard InChI is InChI=1S/C14H11IN2O3/c15-12-7-2-1-6-11(12)14(20)17-16-13(19)9-4-3-5-10(18)8-9/h1-8,18H,(H,16,19)(H,17,20). The molecule has 0 aliphatic heterocycles. The average molecular weight is 382 g/mol. The summed E-state index contributed by atoms with van der Waals surface area (Å²) in [5.74, 6) is -0.912. The minimum Gasteiger partial charge on any atom is -0.508 e. The zero-order valence-corrected chi connectivity index (χ0v) is 12.4. The van der Waals surface area contributed by atoms with E-state index in [0.29, 0.717) is 5.56 Å². The Morgan fingerprint density at radius 2 is 1.65 bits per heavy atom. The highest BCUT2D eigenvalue weighted by atomic mass is 127. The lowest BCUT2D eigenvalue weighted by atomic mass is 10.2. The second-order valence-electron chi connectivity index (χ2n) is 3.94. The van der Waals surface area contributed by atoms with Crippen LogP contribution in [0.5, 0.6) is 5.75 Å². The van der Waals surface area contributed by atoms with Crippen molar-refractivity contribution < 1.29 is 14.7 Å². The lowest BCUT2D eigenvalue weighted by Gasteiger charge is -2.08. The molecule has 0 unspecified atom stereocenters. The predicted molar refractivity (Wildman–Crippen MR) is 82.2 cm³/mol. The first-order valence-corrected chi connectivity index (χ1v) is 6.80. The van der Waals surface area contributed by atoms with Crippen molar-refractivity contribution in [3.8, 4) is 5.75 Å². The highest BCUT2D eigenvalue weighted by Gasteiger charge is 2.11. The summed E-state index contributed by atoms with van der Waals surface area (Å²) < 4.78 is 0.786. The number of aromatic hydroxyl groups is 1. The van der Waals surface area contributed by atoms with E-state index in [2.05, 4.69) is 10.9 Å². The number of hydrogen-bond acceptors (Lipinski definition) is 3. The van der Waals surface area contributed by atoms with Crippen LogP contribution in [0.25, 0.3) is 0 Å². The van der Waals surface area contributed by atoms with Crippen molar-refractivity contribution >= 4 is 34.4 Å². The van der Waals surface area contributed by atoms with Gasteiger partial charge in [-0.2, -0.15) is 0 Å². The quantitative estimate of drug-likeness (QED) is 0.550. The van der Waals surface area contributed by atoms with Gasteiger partial charge in [0.15, 0.2) is 0 Å². The number of benzene rings is 2. The van der Waals surface area contributed by atoms with E-state index in [9.17, 15) is 14.7 Å². The maximum atomic E-state index is 11.9. The summed E-state index contributed by atoms with van der Waals surface area (Å²) in [7, 11) is 0. The summed E-state index contributed by atoms with van der Waals surface area (Å²) in [6.45, 7) is 0. The minimum absolute atomic E-state index is 0.0124. The molecule has 0 radical (unpaired) electrons. The van der Waals surface area contributed by atoms with Crippen LogP contribution < -0.4 is 10.9 Å². The highest BCUT2D eigenvalue weighted by molar-refractivity contribution is 14.1. The third kappa shape index (κ3) is 3.47. The molecule has 0 bridgehead atoms. The van der Waals surface area contributed by atoms with Gasteiger partial charge < -0.3 is 5.11 Å². The van der Waals surface area contributed by atoms with E-state index in [1.54, 1.807) is 24.3 Å². The molecule has 0 fully saturated rings. The molecule has 0 aromatic heterocycles. The fourth-order valence-electron chi connectivity index (χ4n) is 1.55. The maximum Gasteiger partial charge on any atom is 0.270 e. The van der Waals surface area contributed by atoms with Gasteiger partial charge in [0.1, 0.15) is 5.75 Å². The topological polar surface area (TPSA) is 78.4 Å². The van der Waals surface area contributed by atoms with Gasteiger partial charge in [0.25, 0.3) is 11.8 Å². The van der Waals surface area contributed by atoms with Crippen LogP contribution in [0.4, 0.5) is 0 Å². The van der Waals surface area contributed by atoms with Gasteiger partial charge in [0, 0.05) is 9.13 Å². The third-order valence-electron chi connectivity index (χ3n) is 2.52. The van der Waals surface area contributed by atoms with E-state index >= 15 is 0 Å². The molecule has 3 N–H and O–H groups in total. The van der Waals surface area contributed by atoms with Gasteiger partial charge in [-0.25, -0.2) is 0 Å². The van der Waals surface area contributed by atoms with E-state index in [1.165, 1.54) is 18.2 Å². The number of carbonyl (C=O) groups excluding carboxylic acids is 2. The second kappa shape index (κ2) is 6.38. The van der Waals surface area contributed by atoms with Crippen LogP contribution in [0.15, 0.2) is 48.5 Å². The molecule has 0 heterocycles. The van der Waals surface area contributed by atoms with Crippen molar-refractivity contribution in [1.82, 2.24) is 10.9 Å². The van der Waals surface area contributed by atoms with Gasteiger partial charge in [0.05, 0.1) is 5.56 Å². The van der Waals surface area contributed by atoms with Crippen molar-refractivity contribution in [2.75, 3.05) is 0 Å². The Kier molecular flexibility index (Phi) is 4.57. The SMILES string of the molecule is O=C(NNC(=O)c1ccccc1I)c1cccc(O)c1. The second-order valence-corrected chi connectivity index (χ2v) is 5.10. The monoisotopic (exact) mass is 382 g/mol. The zero-order valence-electron chi connectivity index (χ0n) is 10.3. The predicted octanol–water partition coefficient (Wildman–Crippen LogP) is 2.07. The Bertz CT molecular complexity index is 658. The van der Waals surface area contributed by atoms with Crippen molar-refractivity contribution in [3.05, 3.63) is 63.2 Å². The number of phenols is 1. The highest BCUT2D eigenvalue weighted by Crippen LogP contribution is 2.11. The lowest BCUT2D eigenvalue weighted by molar-refractivity contribution is 0.0846. The van der Waals surface area contributed by atoms with Crippen LogP contribution >= 0.6 is 22.6 Å². The fourth-order valence-corrected chi connectivity index (χ4v) is 2.18. The zero-order chi connectivity index (χ0) is 14.5. The summed E-state index contributed by atoms with van der Waals surface area (Å²) in [6, 6.07) is 12.9. The Morgan fingerprint density at radius 1 is 0.950 bits per heavy atom. The molecule has 0 atom stereocenters. The normalized spacial score (nSPS) is 9.85. The molecule has 102 valence electrons. The smallest absolute Gasteiger partial charge is 0.270 e. The molecule has 2 amide bonds. The van der Waals surface area contributed by atoms with Crippen LogP contribution in [0.3, 0.4) is 0 Å². The molecule has 6 heteroatoms. The van der Waals surface area contributed by atoms with E-state index in [0.717, 1.165) is 3.57 Å². The molecule has 0 saturated heterocycles. The Morgan fingerprint density at radius 3 is 2.35 bits per heavy atom. The van der Waals surface area contributed by atoms with Crippen LogP contribution in [-0.2, 0) is 0 Å². The van der Waals surface area contributed by atoms with Gasteiger partial charge in [-0.05, 0) is 52.9 Å². The number of carbonyl (C=O) groups is 2. The van der Waals surface area contributed by atoms with E-state index in [1.807, 2.05) is 28.7 Å². The summed E-state index contributed by atoms with van der Waals surface area (Å²) >= 11 is 2.04. The molecular formula is C14H11IN2O3. The van der Waals surface area contributed by atoms with Crippen LogP contribution in [0.1, 0.15) is 20.7 Å². The number of phenolic OH excluding ortho intramolecular Hbond substituents is 1. The number of hydrogen-bond donors (Lipinski definition) is 3. The van der Waals surface area contributed by atoms with Crippen LogP contribution in [-0.4, -0.2) is 16.9 Å². The average Bonchev–Trinajstić information content (AvgIpc) is 2.45. The number of nitrogens with one attached hydrogen (secondary N) is 2. The van der Waals surface area contributed by atoms with Gasteiger partial charge in [-0.3, -0.25) is 20.4 Å². The molecule has 2 aromatic rings. The number of rotatable bonds is 2. The van der Waals surface area contributed by atoms with Crippen molar-refractivity contribution in [3.63, 3.8) is 0 Å². The Hall–Kier alpha value is -2.09. The minimum atomic E-state index is -0.500. The van der Waals surface area contributed by atoms with E-state index in [-0.39, 0.29) is 11.3 Å². The molecule has 0 spiro atoms. The summed E-state index contributed by atoms with van der Waals surface area (Å²) in [6.07, 6.45) is 0.